The standard InChI is InChI=1S/C3H6BNO/c1-2(4)3(5)6/h2H,1H3,(H2,5,6). The summed E-state index contributed by atoms with van der Waals surface area (Å²) in [4.78, 5) is 9.80. The van der Waals surface area contributed by atoms with Crippen LogP contribution in [0.25, 0.3) is 0 Å². The minimum atomic E-state index is -0.509. The van der Waals surface area contributed by atoms with Crippen molar-refractivity contribution in [2.75, 3.05) is 0 Å². The number of primary amides is 1. The summed E-state index contributed by atoms with van der Waals surface area (Å²) in [6.07, 6.45) is 0. The third-order valence-electron chi connectivity index (χ3n) is 0.449. The Morgan fingerprint density at radius 3 is 2.17 bits per heavy atom. The predicted octanol–water partition coefficient (Wildman–Crippen LogP) is -0.551. The number of carbonyl (C=O) groups excluding carboxylic acids is 1. The van der Waals surface area contributed by atoms with Gasteiger partial charge in [-0.05, 0) is 5.82 Å². The van der Waals surface area contributed by atoms with Gasteiger partial charge in [-0.1, -0.05) is 6.92 Å². The van der Waals surface area contributed by atoms with Crippen molar-refractivity contribution in [1.82, 2.24) is 0 Å². The first-order valence-electron chi connectivity index (χ1n) is 1.69. The summed E-state index contributed by atoms with van der Waals surface area (Å²) < 4.78 is 0. The fraction of sp³-hybridized carbons (Fsp3) is 0.667. The molecular formula is C3H6BNO. The molecule has 2 radical (unpaired) electrons. The van der Waals surface area contributed by atoms with E-state index in [1.54, 1.807) is 6.92 Å². The van der Waals surface area contributed by atoms with E-state index < -0.39 is 11.7 Å². The molecule has 6 heavy (non-hydrogen) atoms. The molecule has 3 heteroatoms. The molecule has 0 aliphatic heterocycles. The van der Waals surface area contributed by atoms with E-state index in [4.69, 9.17) is 7.85 Å². The highest BCUT2D eigenvalue weighted by Gasteiger charge is 1.95. The van der Waals surface area contributed by atoms with Crippen molar-refractivity contribution < 1.29 is 4.79 Å². The largest absolute Gasteiger partial charge is 0.370 e. The van der Waals surface area contributed by atoms with Crippen LogP contribution in [0.1, 0.15) is 6.92 Å². The lowest BCUT2D eigenvalue weighted by Crippen LogP contribution is -2.15. The summed E-state index contributed by atoms with van der Waals surface area (Å²) >= 11 is 0. The summed E-state index contributed by atoms with van der Waals surface area (Å²) in [6, 6.07) is 0. The van der Waals surface area contributed by atoms with E-state index in [2.05, 4.69) is 5.73 Å². The van der Waals surface area contributed by atoms with Crippen LogP contribution < -0.4 is 5.73 Å². The molecule has 0 aromatic rings. The number of amides is 1. The fourth-order valence-electron chi connectivity index (χ4n) is 0. The van der Waals surface area contributed by atoms with Gasteiger partial charge in [0, 0.05) is 0 Å². The van der Waals surface area contributed by atoms with E-state index in [-0.39, 0.29) is 0 Å². The number of rotatable bonds is 1. The van der Waals surface area contributed by atoms with E-state index in [0.717, 1.165) is 0 Å². The number of nitrogens with two attached hydrogens (primary N) is 1. The van der Waals surface area contributed by atoms with Gasteiger partial charge in [-0.3, -0.25) is 4.79 Å². The minimum Gasteiger partial charge on any atom is -0.370 e. The number of hydrogen-bond donors (Lipinski definition) is 1. The van der Waals surface area contributed by atoms with Crippen LogP contribution >= 0.6 is 0 Å². The number of carbonyl (C=O) groups is 1. The van der Waals surface area contributed by atoms with Crippen molar-refractivity contribution in [3.63, 3.8) is 0 Å². The van der Waals surface area contributed by atoms with Gasteiger partial charge in [0.2, 0.25) is 5.91 Å². The molecular weight excluding hydrogens is 76.9 g/mol. The lowest BCUT2D eigenvalue weighted by molar-refractivity contribution is -0.117. The summed E-state index contributed by atoms with van der Waals surface area (Å²) in [5.74, 6) is -0.972. The molecule has 0 fully saturated rings. The van der Waals surface area contributed by atoms with Crippen LogP contribution in [0.3, 0.4) is 0 Å². The van der Waals surface area contributed by atoms with Crippen molar-refractivity contribution in [3.8, 4) is 0 Å². The first kappa shape index (κ1) is 5.53. The minimum absolute atomic E-state index is 0.463. The van der Waals surface area contributed by atoms with Crippen LogP contribution in [0.2, 0.25) is 5.82 Å². The van der Waals surface area contributed by atoms with Gasteiger partial charge in [0.1, 0.15) is 0 Å². The van der Waals surface area contributed by atoms with Crippen molar-refractivity contribution in [3.05, 3.63) is 0 Å². The normalized spacial score (nSPS) is 13.5. The first-order chi connectivity index (χ1) is 2.64. The summed E-state index contributed by atoms with van der Waals surface area (Å²) in [5, 5.41) is 0. The quantitative estimate of drug-likeness (QED) is 0.424. The lowest BCUT2D eigenvalue weighted by Gasteiger charge is -1.91. The zero-order valence-corrected chi connectivity index (χ0v) is 3.64. The Morgan fingerprint density at radius 1 is 2.00 bits per heavy atom. The van der Waals surface area contributed by atoms with E-state index in [1.807, 2.05) is 0 Å². The van der Waals surface area contributed by atoms with E-state index in [9.17, 15) is 4.79 Å². The van der Waals surface area contributed by atoms with Crippen LogP contribution in [-0.4, -0.2) is 13.8 Å². The third kappa shape index (κ3) is 1.82. The van der Waals surface area contributed by atoms with Crippen molar-refractivity contribution in [2.45, 2.75) is 12.7 Å². The summed E-state index contributed by atoms with van der Waals surface area (Å²) in [5.41, 5.74) is 4.67. The highest BCUT2D eigenvalue weighted by atomic mass is 16.1. The predicted molar refractivity (Wildman–Crippen MR) is 24.4 cm³/mol. The molecule has 0 saturated carbocycles. The van der Waals surface area contributed by atoms with Gasteiger partial charge in [-0.15, -0.1) is 0 Å². The van der Waals surface area contributed by atoms with Crippen LogP contribution in [0.5, 0.6) is 0 Å². The first-order valence-corrected chi connectivity index (χ1v) is 1.69. The molecule has 1 atom stereocenters. The average molecular weight is 82.9 g/mol. The number of hydrogen-bond acceptors (Lipinski definition) is 1. The molecule has 1 unspecified atom stereocenters. The van der Waals surface area contributed by atoms with Gasteiger partial charge < -0.3 is 5.73 Å². The molecule has 0 spiro atoms. The molecule has 0 rings (SSSR count). The highest BCUT2D eigenvalue weighted by molar-refractivity contribution is 6.22. The molecule has 0 heterocycles. The van der Waals surface area contributed by atoms with Gasteiger partial charge in [0.05, 0.1) is 7.85 Å². The zero-order chi connectivity index (χ0) is 5.15. The van der Waals surface area contributed by atoms with Crippen LogP contribution in [0.15, 0.2) is 0 Å². The molecule has 1 amide bonds. The van der Waals surface area contributed by atoms with E-state index in [0.29, 0.717) is 0 Å². The van der Waals surface area contributed by atoms with Gasteiger partial charge >= 0.3 is 0 Å². The molecule has 2 N–H and O–H groups in total. The highest BCUT2D eigenvalue weighted by Crippen LogP contribution is 1.88. The maximum absolute atomic E-state index is 9.80. The smallest absolute Gasteiger partial charge is 0.211 e. The topological polar surface area (TPSA) is 43.1 Å². The van der Waals surface area contributed by atoms with Gasteiger partial charge in [-0.25, -0.2) is 0 Å². The maximum atomic E-state index is 9.80. The molecule has 0 aromatic heterocycles. The Kier molecular flexibility index (Phi) is 1.71. The Hall–Kier alpha value is -0.465. The van der Waals surface area contributed by atoms with Gasteiger partial charge in [-0.2, -0.15) is 0 Å². The molecule has 0 bridgehead atoms. The third-order valence-corrected chi connectivity index (χ3v) is 0.449. The lowest BCUT2D eigenvalue weighted by atomic mass is 9.89. The molecule has 0 aliphatic rings. The molecule has 32 valence electrons. The molecule has 0 aliphatic carbocycles. The second-order valence-electron chi connectivity index (χ2n) is 1.19. The second-order valence-corrected chi connectivity index (χ2v) is 1.19. The molecule has 2 nitrogen and oxygen atoms in total. The zero-order valence-electron chi connectivity index (χ0n) is 3.64. The molecule has 0 aromatic carbocycles. The van der Waals surface area contributed by atoms with Crippen molar-refractivity contribution >= 4 is 13.8 Å². The van der Waals surface area contributed by atoms with Crippen molar-refractivity contribution in [1.29, 1.82) is 0 Å². The fourth-order valence-corrected chi connectivity index (χ4v) is 0. The molecule has 0 saturated heterocycles. The van der Waals surface area contributed by atoms with Crippen molar-refractivity contribution in [2.24, 2.45) is 5.73 Å². The van der Waals surface area contributed by atoms with Crippen LogP contribution in [-0.2, 0) is 4.79 Å². The van der Waals surface area contributed by atoms with E-state index >= 15 is 0 Å². The van der Waals surface area contributed by atoms with Crippen LogP contribution in [0.4, 0.5) is 0 Å². The average Bonchev–Trinajstić information content (AvgIpc) is 1.36. The summed E-state index contributed by atoms with van der Waals surface area (Å²) in [6.45, 7) is 1.54. The Balaban J connectivity index is 3.26. The Labute approximate surface area is 38.1 Å². The monoisotopic (exact) mass is 83.1 g/mol. The van der Waals surface area contributed by atoms with Crippen LogP contribution in [0, 0.1) is 0 Å². The van der Waals surface area contributed by atoms with Gasteiger partial charge in [0.25, 0.3) is 0 Å². The Bertz CT molecular complexity index is 61.8. The Morgan fingerprint density at radius 2 is 2.17 bits per heavy atom. The summed E-state index contributed by atoms with van der Waals surface area (Å²) in [7, 11) is 4.96. The van der Waals surface area contributed by atoms with Gasteiger partial charge in [0.15, 0.2) is 0 Å². The van der Waals surface area contributed by atoms with E-state index in [1.165, 1.54) is 0 Å². The second kappa shape index (κ2) is 1.85. The maximum Gasteiger partial charge on any atom is 0.211 e. The SMILES string of the molecule is [B]C(C)C(N)=O.